The summed E-state index contributed by atoms with van der Waals surface area (Å²) < 4.78 is 39.8. The Kier molecular flexibility index (Phi) is 5.38. The van der Waals surface area contributed by atoms with Crippen molar-refractivity contribution in [2.45, 2.75) is 36.0 Å². The van der Waals surface area contributed by atoms with E-state index < -0.39 is 16.2 Å². The maximum atomic E-state index is 13.1. The molecule has 0 saturated carbocycles. The van der Waals surface area contributed by atoms with Gasteiger partial charge in [0.05, 0.1) is 4.90 Å². The van der Waals surface area contributed by atoms with E-state index in [4.69, 9.17) is 5.73 Å². The van der Waals surface area contributed by atoms with Crippen molar-refractivity contribution in [1.82, 2.24) is 14.9 Å². The lowest BCUT2D eigenvalue weighted by Gasteiger charge is -2.16. The molecular weight excluding hydrogens is 347 g/mol. The van der Waals surface area contributed by atoms with Gasteiger partial charge in [0, 0.05) is 43.8 Å². The topological polar surface area (TPSA) is 105 Å². The van der Waals surface area contributed by atoms with Crippen molar-refractivity contribution < 1.29 is 17.6 Å². The molecule has 138 valence electrons. The fourth-order valence-corrected chi connectivity index (χ4v) is 4.72. The summed E-state index contributed by atoms with van der Waals surface area (Å²) in [5.74, 6) is -0.376. The molecule has 9 heteroatoms. The lowest BCUT2D eigenvalue weighted by Crippen LogP contribution is -2.37. The van der Waals surface area contributed by atoms with E-state index >= 15 is 0 Å². The van der Waals surface area contributed by atoms with Crippen LogP contribution in [0.15, 0.2) is 29.2 Å². The number of carbonyl (C=O) groups excluding carboxylic acids is 1. The fraction of sp³-hybridized carbons (Fsp3) is 0.562. The van der Waals surface area contributed by atoms with Crippen molar-refractivity contribution in [3.8, 4) is 0 Å². The first-order valence-corrected chi connectivity index (χ1v) is 9.81. The molecule has 3 rings (SSSR count). The number of benzene rings is 1. The molecule has 2 fully saturated rings. The second kappa shape index (κ2) is 7.36. The molecule has 7 nitrogen and oxygen atoms in total. The summed E-state index contributed by atoms with van der Waals surface area (Å²) in [6.07, 6.45) is 0.106. The number of alkyl halides is 1. The minimum atomic E-state index is -3.65. The molecule has 0 aromatic heterocycles. The average Bonchev–Trinajstić information content (AvgIpc) is 3.21. The summed E-state index contributed by atoms with van der Waals surface area (Å²) in [6.45, 7) is 1.28. The lowest BCUT2D eigenvalue weighted by atomic mass is 10.2. The third-order valence-electron chi connectivity index (χ3n) is 4.60. The summed E-state index contributed by atoms with van der Waals surface area (Å²) in [5.41, 5.74) is 6.05. The number of hydrogen-bond donors (Lipinski definition) is 3. The number of sulfonamides is 1. The van der Waals surface area contributed by atoms with E-state index in [-0.39, 0.29) is 35.0 Å². The Morgan fingerprint density at radius 2 is 2.24 bits per heavy atom. The number of nitrogens with zero attached hydrogens (tertiary/aromatic N) is 1. The van der Waals surface area contributed by atoms with Crippen LogP contribution >= 0.6 is 0 Å². The molecule has 0 bridgehead atoms. The van der Waals surface area contributed by atoms with Gasteiger partial charge in [-0.1, -0.05) is 6.07 Å². The first-order valence-electron chi connectivity index (χ1n) is 8.37. The molecule has 2 aliphatic rings. The van der Waals surface area contributed by atoms with Gasteiger partial charge in [0.1, 0.15) is 6.17 Å². The van der Waals surface area contributed by atoms with E-state index in [2.05, 4.69) is 10.6 Å². The number of nitrogens with one attached hydrogen (secondary N) is 2. The van der Waals surface area contributed by atoms with E-state index in [1.807, 2.05) is 0 Å². The number of nitrogens with two attached hydrogens (primary N) is 1. The van der Waals surface area contributed by atoms with Gasteiger partial charge in [-0.15, -0.1) is 0 Å². The van der Waals surface area contributed by atoms with Gasteiger partial charge in [0.2, 0.25) is 10.0 Å². The Morgan fingerprint density at radius 3 is 2.88 bits per heavy atom. The van der Waals surface area contributed by atoms with E-state index in [9.17, 15) is 17.6 Å². The van der Waals surface area contributed by atoms with E-state index in [1.165, 1.54) is 16.4 Å². The van der Waals surface area contributed by atoms with E-state index in [0.717, 1.165) is 0 Å². The lowest BCUT2D eigenvalue weighted by molar-refractivity contribution is 0.0949. The molecule has 0 unspecified atom stereocenters. The molecule has 25 heavy (non-hydrogen) atoms. The molecule has 1 aromatic carbocycles. The number of halogens is 1. The Morgan fingerprint density at radius 1 is 1.44 bits per heavy atom. The molecule has 0 spiro atoms. The maximum absolute atomic E-state index is 13.1. The minimum Gasteiger partial charge on any atom is -0.350 e. The van der Waals surface area contributed by atoms with Crippen molar-refractivity contribution in [2.75, 3.05) is 26.2 Å². The Hall–Kier alpha value is -1.55. The van der Waals surface area contributed by atoms with Gasteiger partial charge in [-0.05, 0) is 31.0 Å². The van der Waals surface area contributed by atoms with Crippen LogP contribution in [0.1, 0.15) is 23.2 Å². The highest BCUT2D eigenvalue weighted by Gasteiger charge is 2.31. The number of carbonyl (C=O) groups is 1. The molecule has 2 aliphatic heterocycles. The third kappa shape index (κ3) is 4.17. The SMILES string of the molecule is N[C@H]1CCN(S(=O)(=O)c2cccc(C(=O)NC[C@@H]3C[C@H](F)CN3)c2)C1. The van der Waals surface area contributed by atoms with Gasteiger partial charge in [-0.25, -0.2) is 12.8 Å². The van der Waals surface area contributed by atoms with Crippen LogP contribution in [0.3, 0.4) is 0 Å². The van der Waals surface area contributed by atoms with Crippen LogP contribution in [0.4, 0.5) is 4.39 Å². The van der Waals surface area contributed by atoms with Gasteiger partial charge in [0.25, 0.3) is 5.91 Å². The molecule has 0 radical (unpaired) electrons. The van der Waals surface area contributed by atoms with Gasteiger partial charge < -0.3 is 16.4 Å². The van der Waals surface area contributed by atoms with Crippen LogP contribution in [0.25, 0.3) is 0 Å². The first kappa shape index (κ1) is 18.2. The van der Waals surface area contributed by atoms with Gasteiger partial charge >= 0.3 is 0 Å². The molecule has 2 saturated heterocycles. The Labute approximate surface area is 146 Å². The van der Waals surface area contributed by atoms with Gasteiger partial charge in [-0.2, -0.15) is 4.31 Å². The van der Waals surface area contributed by atoms with E-state index in [1.54, 1.807) is 12.1 Å². The average molecular weight is 370 g/mol. The van der Waals surface area contributed by atoms with Crippen LogP contribution in [0, 0.1) is 0 Å². The fourth-order valence-electron chi connectivity index (χ4n) is 3.16. The highest BCUT2D eigenvalue weighted by Crippen LogP contribution is 2.21. The second-order valence-electron chi connectivity index (χ2n) is 6.59. The molecule has 4 N–H and O–H groups in total. The van der Waals surface area contributed by atoms with Gasteiger partial charge in [0.15, 0.2) is 0 Å². The Bertz CT molecular complexity index is 743. The van der Waals surface area contributed by atoms with Crippen LogP contribution in [0.5, 0.6) is 0 Å². The summed E-state index contributed by atoms with van der Waals surface area (Å²) in [4.78, 5) is 12.4. The first-order chi connectivity index (χ1) is 11.9. The molecule has 2 heterocycles. The zero-order chi connectivity index (χ0) is 18.0. The van der Waals surface area contributed by atoms with E-state index in [0.29, 0.717) is 32.5 Å². The predicted octanol–water partition coefficient (Wildman–Crippen LogP) is -0.162. The van der Waals surface area contributed by atoms with Crippen molar-refractivity contribution in [2.24, 2.45) is 5.73 Å². The predicted molar refractivity (Wildman–Crippen MR) is 91.4 cm³/mol. The zero-order valence-electron chi connectivity index (χ0n) is 13.8. The number of rotatable bonds is 5. The second-order valence-corrected chi connectivity index (χ2v) is 8.53. The minimum absolute atomic E-state index is 0.0806. The van der Waals surface area contributed by atoms with Gasteiger partial charge in [-0.3, -0.25) is 4.79 Å². The zero-order valence-corrected chi connectivity index (χ0v) is 14.6. The molecule has 3 atom stereocenters. The summed E-state index contributed by atoms with van der Waals surface area (Å²) in [6, 6.07) is 5.70. The Balaban J connectivity index is 1.67. The molecule has 0 aliphatic carbocycles. The smallest absolute Gasteiger partial charge is 0.251 e. The quantitative estimate of drug-likeness (QED) is 0.668. The normalized spacial score (nSPS) is 27.5. The standard InChI is InChI=1S/C16H23FN4O3S/c17-12-7-14(19-8-12)9-20-16(22)11-2-1-3-15(6-11)25(23,24)21-5-4-13(18)10-21/h1-3,6,12-14,19H,4-5,7-10,18H2,(H,20,22)/t12-,13-,14-/m0/s1. The van der Waals surface area contributed by atoms with Crippen molar-refractivity contribution in [3.05, 3.63) is 29.8 Å². The van der Waals surface area contributed by atoms with Crippen LogP contribution in [-0.2, 0) is 10.0 Å². The maximum Gasteiger partial charge on any atom is 0.251 e. The number of amides is 1. The monoisotopic (exact) mass is 370 g/mol. The van der Waals surface area contributed by atoms with Crippen LogP contribution < -0.4 is 16.4 Å². The van der Waals surface area contributed by atoms with Crippen molar-refractivity contribution >= 4 is 15.9 Å². The molecule has 1 aromatic rings. The highest BCUT2D eigenvalue weighted by atomic mass is 32.2. The van der Waals surface area contributed by atoms with Crippen LogP contribution in [-0.4, -0.2) is 63.1 Å². The number of hydrogen-bond acceptors (Lipinski definition) is 5. The summed E-state index contributed by atoms with van der Waals surface area (Å²) >= 11 is 0. The van der Waals surface area contributed by atoms with Crippen LogP contribution in [0.2, 0.25) is 0 Å². The summed E-state index contributed by atoms with van der Waals surface area (Å²) in [5, 5.41) is 5.71. The van der Waals surface area contributed by atoms with Crippen molar-refractivity contribution in [3.63, 3.8) is 0 Å². The molecule has 1 amide bonds. The third-order valence-corrected chi connectivity index (χ3v) is 6.46. The summed E-state index contributed by atoms with van der Waals surface area (Å²) in [7, 11) is -3.65. The molecular formula is C16H23FN4O3S. The largest absolute Gasteiger partial charge is 0.350 e. The van der Waals surface area contributed by atoms with Crippen molar-refractivity contribution in [1.29, 1.82) is 0 Å². The highest BCUT2D eigenvalue weighted by molar-refractivity contribution is 7.89.